The number of rotatable bonds is 9. The number of aromatic hydroxyl groups is 1. The molecule has 15 heteroatoms. The number of esters is 1. The van der Waals surface area contributed by atoms with Crippen molar-refractivity contribution in [2.45, 2.75) is 55.1 Å². The molecule has 208 valence electrons. The number of hydrogen-bond acceptors (Lipinski definition) is 13. The third-order valence-corrected chi connectivity index (χ3v) is 6.51. The van der Waals surface area contributed by atoms with E-state index in [4.69, 9.17) is 29.8 Å². The van der Waals surface area contributed by atoms with E-state index in [1.165, 1.54) is 23.5 Å². The fourth-order valence-corrected chi connectivity index (χ4v) is 4.34. The maximum atomic E-state index is 12.5. The van der Waals surface area contributed by atoms with Gasteiger partial charge in [0.25, 0.3) is 0 Å². The fourth-order valence-electron chi connectivity index (χ4n) is 4.34. The van der Waals surface area contributed by atoms with Crippen LogP contribution in [0.15, 0.2) is 18.2 Å². The van der Waals surface area contributed by atoms with E-state index in [1.54, 1.807) is 7.05 Å². The van der Waals surface area contributed by atoms with Crippen molar-refractivity contribution < 1.29 is 69.6 Å². The number of aliphatic carboxylic acids is 1. The van der Waals surface area contributed by atoms with Crippen molar-refractivity contribution >= 4 is 17.6 Å². The first-order valence-corrected chi connectivity index (χ1v) is 11.5. The molecule has 0 bridgehead atoms. The lowest BCUT2D eigenvalue weighted by molar-refractivity contribution is -0.694. The van der Waals surface area contributed by atoms with Crippen LogP contribution in [0.5, 0.6) is 5.75 Å². The summed E-state index contributed by atoms with van der Waals surface area (Å²) >= 11 is 0. The molecule has 0 radical (unpaired) electrons. The minimum Gasteiger partial charge on any atom is -0.507 e. The molecule has 37 heavy (non-hydrogen) atoms. The van der Waals surface area contributed by atoms with Crippen molar-refractivity contribution in [1.29, 1.82) is 0 Å². The summed E-state index contributed by atoms with van der Waals surface area (Å²) < 4.78 is 21.5. The second-order valence-electron chi connectivity index (χ2n) is 8.95. The predicted octanol–water partition coefficient (Wildman–Crippen LogP) is -4.66. The summed E-state index contributed by atoms with van der Waals surface area (Å²) in [5, 5.41) is 71.6. The van der Waals surface area contributed by atoms with Gasteiger partial charge in [-0.15, -0.1) is 0 Å². The van der Waals surface area contributed by atoms with Gasteiger partial charge in [-0.3, -0.25) is 0 Å². The van der Waals surface area contributed by atoms with Gasteiger partial charge < -0.3 is 65.7 Å². The standard InChI is InChI=1S/C22H32N2O13/c1-24-14-15(26)10(5-34-6-13-16(27)17(28)18(29)19(36-13)20(30)31)12(37-22(14)33)7-35-21(32)9-4-8(23)2-3-11(9)25/h2-4,10,12-19,22,24-29,33H,5-7,23H2,1H3,(H,30,31)/p+1/t10-,12?,13-,14?,15-,16?,17+,18+,19?,22+/m0/s1. The van der Waals surface area contributed by atoms with Gasteiger partial charge >= 0.3 is 11.9 Å². The van der Waals surface area contributed by atoms with Gasteiger partial charge in [-0.05, 0) is 18.2 Å². The fraction of sp³-hybridized carbons (Fsp3) is 0.636. The van der Waals surface area contributed by atoms with Crippen molar-refractivity contribution in [1.82, 2.24) is 0 Å². The topological polar surface area (TPSA) is 255 Å². The van der Waals surface area contributed by atoms with Gasteiger partial charge in [-0.25, -0.2) is 9.59 Å². The van der Waals surface area contributed by atoms with E-state index in [1.807, 2.05) is 0 Å². The van der Waals surface area contributed by atoms with Gasteiger partial charge in [-0.2, -0.15) is 0 Å². The zero-order valence-electron chi connectivity index (χ0n) is 19.9. The van der Waals surface area contributed by atoms with E-state index >= 15 is 0 Å². The Hall–Kier alpha value is -2.60. The zero-order chi connectivity index (χ0) is 27.4. The SMILES string of the molecule is C[NH2+]C1[C@H](O)OC(COC(=O)c2cc(N)ccc2O)[C@H](COC[C@@H]2OC(C(=O)O)[C@H](O)[C@H](O)C2O)[C@@H]1O. The molecular formula is C22H33N2O13+. The lowest BCUT2D eigenvalue weighted by Crippen LogP contribution is -2.93. The van der Waals surface area contributed by atoms with Crippen LogP contribution in [0.4, 0.5) is 5.69 Å². The van der Waals surface area contributed by atoms with E-state index < -0.39 is 86.1 Å². The number of carbonyl (C=O) groups excluding carboxylic acids is 1. The molecule has 0 spiro atoms. The largest absolute Gasteiger partial charge is 0.507 e. The highest BCUT2D eigenvalue weighted by molar-refractivity contribution is 5.93. The number of likely N-dealkylation sites (N-methyl/N-ethyl adjacent to an activating group) is 1. The Morgan fingerprint density at radius 3 is 2.32 bits per heavy atom. The molecule has 2 fully saturated rings. The molecule has 2 heterocycles. The van der Waals surface area contributed by atoms with Gasteiger partial charge in [0, 0.05) is 11.6 Å². The second kappa shape index (κ2) is 12.3. The highest BCUT2D eigenvalue weighted by atomic mass is 16.6. The molecule has 2 aliphatic heterocycles. The number of carbonyl (C=O) groups is 2. The average molecular weight is 534 g/mol. The minimum absolute atomic E-state index is 0.193. The number of nitrogen functional groups attached to an aromatic ring is 1. The van der Waals surface area contributed by atoms with Gasteiger partial charge in [-0.1, -0.05) is 0 Å². The Balaban J connectivity index is 1.66. The number of aliphatic hydroxyl groups excluding tert-OH is 5. The van der Waals surface area contributed by atoms with Crippen LogP contribution in [0, 0.1) is 5.92 Å². The van der Waals surface area contributed by atoms with E-state index in [0.717, 1.165) is 0 Å². The second-order valence-corrected chi connectivity index (χ2v) is 8.95. The lowest BCUT2D eigenvalue weighted by Gasteiger charge is -2.41. The smallest absolute Gasteiger partial charge is 0.342 e. The summed E-state index contributed by atoms with van der Waals surface area (Å²) in [6.07, 6.45) is -12.1. The molecule has 10 atom stereocenters. The molecular weight excluding hydrogens is 500 g/mol. The van der Waals surface area contributed by atoms with Gasteiger partial charge in [0.2, 0.25) is 6.29 Å². The number of ether oxygens (including phenoxy) is 4. The van der Waals surface area contributed by atoms with Crippen molar-refractivity contribution in [3.05, 3.63) is 23.8 Å². The molecule has 0 aromatic heterocycles. The summed E-state index contributed by atoms with van der Waals surface area (Å²) in [4.78, 5) is 23.7. The Bertz CT molecular complexity index is 949. The van der Waals surface area contributed by atoms with Crippen LogP contribution >= 0.6 is 0 Å². The van der Waals surface area contributed by atoms with E-state index in [2.05, 4.69) is 0 Å². The molecule has 4 unspecified atom stereocenters. The lowest BCUT2D eigenvalue weighted by atomic mass is 9.88. The highest BCUT2D eigenvalue weighted by Crippen LogP contribution is 2.27. The molecule has 2 aliphatic rings. The maximum absolute atomic E-state index is 12.5. The van der Waals surface area contributed by atoms with Crippen LogP contribution in [-0.4, -0.2) is 130 Å². The van der Waals surface area contributed by atoms with Crippen LogP contribution in [0.1, 0.15) is 10.4 Å². The number of aliphatic hydroxyl groups is 5. The van der Waals surface area contributed by atoms with Crippen molar-refractivity contribution in [3.63, 3.8) is 0 Å². The Labute approximate surface area is 210 Å². The third kappa shape index (κ3) is 6.46. The quantitative estimate of drug-likeness (QED) is 0.0822. The average Bonchev–Trinajstić information content (AvgIpc) is 2.85. The predicted molar refractivity (Wildman–Crippen MR) is 120 cm³/mol. The van der Waals surface area contributed by atoms with Gasteiger partial charge in [0.15, 0.2) is 12.1 Å². The zero-order valence-corrected chi connectivity index (χ0v) is 19.9. The van der Waals surface area contributed by atoms with Crippen molar-refractivity contribution in [3.8, 4) is 5.75 Å². The van der Waals surface area contributed by atoms with Crippen molar-refractivity contribution in [2.75, 3.05) is 32.6 Å². The number of carboxylic acids is 1. The first kappa shape index (κ1) is 29.0. The molecule has 3 rings (SSSR count). The number of benzene rings is 1. The van der Waals surface area contributed by atoms with Crippen LogP contribution in [-0.2, 0) is 23.7 Å². The number of carboxylic acid groups (broad SMARTS) is 1. The summed E-state index contributed by atoms with van der Waals surface area (Å²) in [5.41, 5.74) is 5.66. The maximum Gasteiger partial charge on any atom is 0.342 e. The monoisotopic (exact) mass is 533 g/mol. The molecule has 11 N–H and O–H groups in total. The van der Waals surface area contributed by atoms with Gasteiger partial charge in [0.1, 0.15) is 54.5 Å². The van der Waals surface area contributed by atoms with Crippen LogP contribution in [0.25, 0.3) is 0 Å². The first-order chi connectivity index (χ1) is 17.5. The summed E-state index contributed by atoms with van der Waals surface area (Å²) in [6, 6.07) is 3.02. The minimum atomic E-state index is -1.85. The molecule has 0 amide bonds. The molecule has 0 saturated carbocycles. The Morgan fingerprint density at radius 1 is 0.973 bits per heavy atom. The molecule has 0 aliphatic carbocycles. The number of hydrogen-bond donors (Lipinski definition) is 9. The van der Waals surface area contributed by atoms with Crippen molar-refractivity contribution in [2.24, 2.45) is 5.92 Å². The third-order valence-electron chi connectivity index (χ3n) is 6.51. The van der Waals surface area contributed by atoms with Crippen LogP contribution in [0.2, 0.25) is 0 Å². The van der Waals surface area contributed by atoms with E-state index in [9.17, 15) is 40.2 Å². The normalized spacial score (nSPS) is 36.2. The molecule has 1 aromatic carbocycles. The summed E-state index contributed by atoms with van der Waals surface area (Å²) in [6.45, 7) is -1.14. The molecule has 15 nitrogen and oxygen atoms in total. The van der Waals surface area contributed by atoms with E-state index in [-0.39, 0.29) is 23.6 Å². The number of phenolic OH excluding ortho intramolecular Hbond substituents is 1. The van der Waals surface area contributed by atoms with Crippen LogP contribution in [0.3, 0.4) is 0 Å². The summed E-state index contributed by atoms with van der Waals surface area (Å²) in [5.74, 6) is -3.70. The van der Waals surface area contributed by atoms with Crippen LogP contribution < -0.4 is 11.1 Å². The molecule has 2 saturated heterocycles. The number of phenols is 1. The Kier molecular flexibility index (Phi) is 9.63. The highest BCUT2D eigenvalue weighted by Gasteiger charge is 2.49. The number of nitrogens with two attached hydrogens (primary N) is 2. The molecule has 1 aromatic rings. The number of anilines is 1. The first-order valence-electron chi connectivity index (χ1n) is 11.5. The summed E-state index contributed by atoms with van der Waals surface area (Å²) in [7, 11) is 1.60. The Morgan fingerprint density at radius 2 is 1.68 bits per heavy atom. The van der Waals surface area contributed by atoms with E-state index in [0.29, 0.717) is 0 Å². The number of quaternary nitrogens is 1. The van der Waals surface area contributed by atoms with Gasteiger partial charge in [0.05, 0.1) is 20.3 Å².